The molecule has 0 radical (unpaired) electrons. The first-order valence-corrected chi connectivity index (χ1v) is 6.99. The Labute approximate surface area is 125 Å². The zero-order valence-corrected chi connectivity index (χ0v) is 12.5. The molecular weight excluding hydrogens is 266 g/mol. The van der Waals surface area contributed by atoms with Gasteiger partial charge in [-0.2, -0.15) is 0 Å². The predicted molar refractivity (Wildman–Crippen MR) is 82.8 cm³/mol. The van der Waals surface area contributed by atoms with Gasteiger partial charge in [0.1, 0.15) is 12.4 Å². The molecule has 0 aromatic heterocycles. The largest absolute Gasteiger partial charge is 0.496 e. The summed E-state index contributed by atoms with van der Waals surface area (Å²) in [7, 11) is 1.65. The van der Waals surface area contributed by atoms with Crippen LogP contribution in [0.3, 0.4) is 0 Å². The van der Waals surface area contributed by atoms with Crippen molar-refractivity contribution in [2.45, 2.75) is 20.1 Å². The normalized spacial score (nSPS) is 10.2. The van der Waals surface area contributed by atoms with E-state index in [0.29, 0.717) is 25.5 Å². The Balaban J connectivity index is 2.22. The SMILES string of the molecule is CCOc1cccc(CN)c1OCc1ccccc1OC. The van der Waals surface area contributed by atoms with Crippen LogP contribution in [-0.4, -0.2) is 13.7 Å². The van der Waals surface area contributed by atoms with Crippen molar-refractivity contribution in [1.29, 1.82) is 0 Å². The molecule has 2 aromatic carbocycles. The first-order chi connectivity index (χ1) is 10.3. The van der Waals surface area contributed by atoms with Crippen LogP contribution in [0.25, 0.3) is 0 Å². The average Bonchev–Trinajstić information content (AvgIpc) is 2.54. The van der Waals surface area contributed by atoms with Crippen LogP contribution in [-0.2, 0) is 13.2 Å². The van der Waals surface area contributed by atoms with Crippen molar-refractivity contribution in [2.75, 3.05) is 13.7 Å². The highest BCUT2D eigenvalue weighted by molar-refractivity contribution is 5.47. The molecule has 2 N–H and O–H groups in total. The van der Waals surface area contributed by atoms with E-state index in [0.717, 1.165) is 22.6 Å². The quantitative estimate of drug-likeness (QED) is 0.850. The highest BCUT2D eigenvalue weighted by atomic mass is 16.5. The summed E-state index contributed by atoms with van der Waals surface area (Å²) in [4.78, 5) is 0. The van der Waals surface area contributed by atoms with E-state index < -0.39 is 0 Å². The van der Waals surface area contributed by atoms with Crippen LogP contribution < -0.4 is 19.9 Å². The molecule has 0 saturated heterocycles. The van der Waals surface area contributed by atoms with E-state index in [2.05, 4.69) is 0 Å². The zero-order chi connectivity index (χ0) is 15.1. The molecule has 21 heavy (non-hydrogen) atoms. The second-order valence-electron chi connectivity index (χ2n) is 4.48. The van der Waals surface area contributed by atoms with Crippen molar-refractivity contribution >= 4 is 0 Å². The van der Waals surface area contributed by atoms with E-state index in [4.69, 9.17) is 19.9 Å². The molecule has 0 atom stereocenters. The molecule has 4 nitrogen and oxygen atoms in total. The van der Waals surface area contributed by atoms with Crippen LogP contribution >= 0.6 is 0 Å². The summed E-state index contributed by atoms with van der Waals surface area (Å²) in [6.45, 7) is 3.33. The molecule has 0 aliphatic heterocycles. The van der Waals surface area contributed by atoms with E-state index in [1.165, 1.54) is 0 Å². The predicted octanol–water partition coefficient (Wildman–Crippen LogP) is 3.13. The minimum atomic E-state index is 0.404. The maximum atomic E-state index is 5.96. The Hall–Kier alpha value is -2.20. The molecule has 0 amide bonds. The van der Waals surface area contributed by atoms with Crippen LogP contribution in [0.4, 0.5) is 0 Å². The summed E-state index contributed by atoms with van der Waals surface area (Å²) in [5.74, 6) is 2.23. The Kier molecular flexibility index (Phi) is 5.46. The summed E-state index contributed by atoms with van der Waals surface area (Å²) >= 11 is 0. The van der Waals surface area contributed by atoms with Crippen LogP contribution in [0, 0.1) is 0 Å². The number of hydrogen-bond donors (Lipinski definition) is 1. The molecule has 2 rings (SSSR count). The van der Waals surface area contributed by atoms with E-state index in [9.17, 15) is 0 Å². The van der Waals surface area contributed by atoms with E-state index >= 15 is 0 Å². The fourth-order valence-electron chi connectivity index (χ4n) is 2.13. The maximum absolute atomic E-state index is 5.96. The second-order valence-corrected chi connectivity index (χ2v) is 4.48. The van der Waals surface area contributed by atoms with Gasteiger partial charge in [0.25, 0.3) is 0 Å². The Morgan fingerprint density at radius 1 is 0.905 bits per heavy atom. The molecule has 0 unspecified atom stereocenters. The minimum Gasteiger partial charge on any atom is -0.496 e. The van der Waals surface area contributed by atoms with Crippen LogP contribution in [0.2, 0.25) is 0 Å². The van der Waals surface area contributed by atoms with Gasteiger partial charge in [0, 0.05) is 17.7 Å². The van der Waals surface area contributed by atoms with Gasteiger partial charge < -0.3 is 19.9 Å². The Bertz CT molecular complexity index is 584. The topological polar surface area (TPSA) is 53.7 Å². The summed E-state index contributed by atoms with van der Waals surface area (Å²) < 4.78 is 16.9. The van der Waals surface area contributed by atoms with Gasteiger partial charge in [-0.1, -0.05) is 30.3 Å². The molecule has 0 aliphatic rings. The van der Waals surface area contributed by atoms with Gasteiger partial charge in [-0.3, -0.25) is 0 Å². The number of rotatable bonds is 7. The van der Waals surface area contributed by atoms with Gasteiger partial charge in [0.2, 0.25) is 0 Å². The van der Waals surface area contributed by atoms with Gasteiger partial charge in [0.15, 0.2) is 11.5 Å². The lowest BCUT2D eigenvalue weighted by Gasteiger charge is -2.16. The summed E-state index contributed by atoms with van der Waals surface area (Å²) in [6.07, 6.45) is 0. The number of nitrogens with two attached hydrogens (primary N) is 1. The molecule has 0 heterocycles. The number of hydrogen-bond acceptors (Lipinski definition) is 4. The number of para-hydroxylation sites is 2. The molecule has 112 valence electrons. The third kappa shape index (κ3) is 3.67. The highest BCUT2D eigenvalue weighted by Gasteiger charge is 2.11. The highest BCUT2D eigenvalue weighted by Crippen LogP contribution is 2.32. The standard InChI is InChI=1S/C17H21NO3/c1-3-20-16-10-6-8-13(11-18)17(16)21-12-14-7-4-5-9-15(14)19-2/h4-10H,3,11-12,18H2,1-2H3. The van der Waals surface area contributed by atoms with Crippen molar-refractivity contribution in [1.82, 2.24) is 0 Å². The number of ether oxygens (including phenoxy) is 3. The van der Waals surface area contributed by atoms with Gasteiger partial charge in [0.05, 0.1) is 13.7 Å². The van der Waals surface area contributed by atoms with Crippen molar-refractivity contribution in [2.24, 2.45) is 5.73 Å². The monoisotopic (exact) mass is 287 g/mol. The smallest absolute Gasteiger partial charge is 0.166 e. The molecule has 0 aliphatic carbocycles. The third-order valence-electron chi connectivity index (χ3n) is 3.14. The molecule has 4 heteroatoms. The first kappa shape index (κ1) is 15.2. The van der Waals surface area contributed by atoms with Crippen LogP contribution in [0.5, 0.6) is 17.2 Å². The van der Waals surface area contributed by atoms with Gasteiger partial charge in [-0.05, 0) is 19.1 Å². The van der Waals surface area contributed by atoms with Crippen LogP contribution in [0.1, 0.15) is 18.1 Å². The molecule has 0 bridgehead atoms. The fourth-order valence-corrected chi connectivity index (χ4v) is 2.13. The summed E-state index contributed by atoms with van der Waals surface area (Å²) in [5.41, 5.74) is 7.69. The van der Waals surface area contributed by atoms with Crippen molar-refractivity contribution in [3.8, 4) is 17.2 Å². The molecular formula is C17H21NO3. The molecule has 0 spiro atoms. The lowest BCUT2D eigenvalue weighted by Crippen LogP contribution is -2.06. The van der Waals surface area contributed by atoms with Gasteiger partial charge in [-0.25, -0.2) is 0 Å². The third-order valence-corrected chi connectivity index (χ3v) is 3.14. The van der Waals surface area contributed by atoms with E-state index in [-0.39, 0.29) is 0 Å². The van der Waals surface area contributed by atoms with Crippen molar-refractivity contribution in [3.05, 3.63) is 53.6 Å². The molecule has 0 fully saturated rings. The Morgan fingerprint density at radius 3 is 2.33 bits per heavy atom. The average molecular weight is 287 g/mol. The molecule has 2 aromatic rings. The fraction of sp³-hybridized carbons (Fsp3) is 0.294. The van der Waals surface area contributed by atoms with E-state index in [1.807, 2.05) is 49.4 Å². The lowest BCUT2D eigenvalue weighted by atomic mass is 10.1. The number of benzene rings is 2. The van der Waals surface area contributed by atoms with E-state index in [1.54, 1.807) is 7.11 Å². The van der Waals surface area contributed by atoms with Crippen molar-refractivity contribution in [3.63, 3.8) is 0 Å². The van der Waals surface area contributed by atoms with Crippen molar-refractivity contribution < 1.29 is 14.2 Å². The maximum Gasteiger partial charge on any atom is 0.166 e. The summed E-state index contributed by atoms with van der Waals surface area (Å²) in [6, 6.07) is 13.5. The molecule has 0 saturated carbocycles. The zero-order valence-electron chi connectivity index (χ0n) is 12.5. The lowest BCUT2D eigenvalue weighted by molar-refractivity contribution is 0.262. The minimum absolute atomic E-state index is 0.404. The van der Waals surface area contributed by atoms with Gasteiger partial charge in [-0.15, -0.1) is 0 Å². The van der Waals surface area contributed by atoms with Crippen LogP contribution in [0.15, 0.2) is 42.5 Å². The Morgan fingerprint density at radius 2 is 1.62 bits per heavy atom. The first-order valence-electron chi connectivity index (χ1n) is 6.99. The second kappa shape index (κ2) is 7.55. The van der Waals surface area contributed by atoms with Gasteiger partial charge >= 0.3 is 0 Å². The summed E-state index contributed by atoms with van der Waals surface area (Å²) in [5, 5.41) is 0. The number of methoxy groups -OCH3 is 1.